The fourth-order valence-electron chi connectivity index (χ4n) is 2.42. The normalized spacial score (nSPS) is 18.5. The summed E-state index contributed by atoms with van der Waals surface area (Å²) in [4.78, 5) is 2.41. The summed E-state index contributed by atoms with van der Waals surface area (Å²) in [6, 6.07) is 5.86. The molecule has 1 aromatic rings. The van der Waals surface area contributed by atoms with Gasteiger partial charge in [-0.25, -0.2) is 0 Å². The van der Waals surface area contributed by atoms with Gasteiger partial charge in [-0.15, -0.1) is 11.6 Å². The lowest BCUT2D eigenvalue weighted by Gasteiger charge is -2.31. The molecule has 94 valence electrons. The molecule has 17 heavy (non-hydrogen) atoms. The van der Waals surface area contributed by atoms with Gasteiger partial charge in [-0.2, -0.15) is 0 Å². The van der Waals surface area contributed by atoms with Crippen LogP contribution in [0.15, 0.2) is 18.2 Å². The van der Waals surface area contributed by atoms with Gasteiger partial charge in [0.2, 0.25) is 0 Å². The first-order valence-electron chi connectivity index (χ1n) is 5.93. The molecule has 1 aliphatic rings. The van der Waals surface area contributed by atoms with Crippen molar-refractivity contribution in [2.75, 3.05) is 25.5 Å². The quantitative estimate of drug-likeness (QED) is 0.746. The molecule has 1 nitrogen and oxygen atoms in total. The maximum atomic E-state index is 6.04. The van der Waals surface area contributed by atoms with Gasteiger partial charge < -0.3 is 4.90 Å². The molecule has 0 bridgehead atoms. The number of benzene rings is 1. The Bertz CT molecular complexity index is 353. The van der Waals surface area contributed by atoms with Crippen molar-refractivity contribution in [2.24, 2.45) is 0 Å². The van der Waals surface area contributed by atoms with E-state index in [1.54, 1.807) is 6.07 Å². The molecular formula is C13H16Cl3N. The molecule has 0 spiro atoms. The molecule has 0 saturated carbocycles. The van der Waals surface area contributed by atoms with Crippen molar-refractivity contribution in [3.63, 3.8) is 0 Å². The summed E-state index contributed by atoms with van der Waals surface area (Å²) in [5.74, 6) is 1.30. The van der Waals surface area contributed by atoms with Crippen LogP contribution >= 0.6 is 34.8 Å². The Morgan fingerprint density at radius 3 is 2.18 bits per heavy atom. The Kier molecular flexibility index (Phi) is 4.98. The molecule has 0 N–H and O–H groups in total. The molecule has 0 aliphatic carbocycles. The molecule has 4 heteroatoms. The van der Waals surface area contributed by atoms with E-state index < -0.39 is 0 Å². The topological polar surface area (TPSA) is 3.24 Å². The largest absolute Gasteiger partial charge is 0.302 e. The number of halogens is 3. The minimum atomic E-state index is 0.581. The third-order valence-electron chi connectivity index (χ3n) is 3.34. The Labute approximate surface area is 118 Å². The number of hydrogen-bond acceptors (Lipinski definition) is 1. The molecule has 0 amide bonds. The summed E-state index contributed by atoms with van der Waals surface area (Å²) in [5, 5.41) is 1.46. The van der Waals surface area contributed by atoms with Gasteiger partial charge in [0.05, 0.1) is 0 Å². The number of nitrogens with zero attached hydrogens (tertiary/aromatic N) is 1. The van der Waals surface area contributed by atoms with Crippen LogP contribution in [0.5, 0.6) is 0 Å². The third-order valence-corrected chi connectivity index (χ3v) is 3.95. The van der Waals surface area contributed by atoms with Gasteiger partial charge in [0, 0.05) is 22.5 Å². The van der Waals surface area contributed by atoms with E-state index in [1.165, 1.54) is 5.56 Å². The molecule has 1 aromatic carbocycles. The zero-order valence-corrected chi connectivity index (χ0v) is 11.9. The zero-order chi connectivity index (χ0) is 12.3. The molecule has 0 atom stereocenters. The molecule has 2 rings (SSSR count). The van der Waals surface area contributed by atoms with Crippen LogP contribution in [0.1, 0.15) is 24.3 Å². The minimum absolute atomic E-state index is 0.581. The van der Waals surface area contributed by atoms with Crippen molar-refractivity contribution < 1.29 is 0 Å². The second kappa shape index (κ2) is 6.29. The van der Waals surface area contributed by atoms with Crippen molar-refractivity contribution in [1.82, 2.24) is 4.90 Å². The van der Waals surface area contributed by atoms with Crippen molar-refractivity contribution in [3.8, 4) is 0 Å². The Morgan fingerprint density at radius 1 is 1.06 bits per heavy atom. The average molecular weight is 293 g/mol. The Balaban J connectivity index is 2.00. The minimum Gasteiger partial charge on any atom is -0.302 e. The van der Waals surface area contributed by atoms with Gasteiger partial charge in [0.1, 0.15) is 0 Å². The van der Waals surface area contributed by atoms with E-state index in [2.05, 4.69) is 4.90 Å². The third kappa shape index (κ3) is 3.75. The summed E-state index contributed by atoms with van der Waals surface area (Å²) >= 11 is 17.8. The molecule has 1 saturated heterocycles. The van der Waals surface area contributed by atoms with E-state index >= 15 is 0 Å². The van der Waals surface area contributed by atoms with Crippen molar-refractivity contribution in [2.45, 2.75) is 18.8 Å². The molecule has 0 unspecified atom stereocenters. The maximum absolute atomic E-state index is 6.04. The van der Waals surface area contributed by atoms with Gasteiger partial charge in [0.25, 0.3) is 0 Å². The van der Waals surface area contributed by atoms with E-state index in [0.717, 1.165) is 42.5 Å². The van der Waals surface area contributed by atoms with Crippen LogP contribution in [0.3, 0.4) is 0 Å². The molecule has 1 heterocycles. The fraction of sp³-hybridized carbons (Fsp3) is 0.538. The summed E-state index contributed by atoms with van der Waals surface area (Å²) in [5.41, 5.74) is 1.27. The van der Waals surface area contributed by atoms with E-state index in [4.69, 9.17) is 34.8 Å². The molecule has 0 aromatic heterocycles. The van der Waals surface area contributed by atoms with Crippen molar-refractivity contribution in [3.05, 3.63) is 33.8 Å². The number of rotatable bonds is 3. The molecule has 0 radical (unpaired) electrons. The Morgan fingerprint density at radius 2 is 1.65 bits per heavy atom. The van der Waals surface area contributed by atoms with Crippen molar-refractivity contribution in [1.29, 1.82) is 0 Å². The molecular weight excluding hydrogens is 277 g/mol. The van der Waals surface area contributed by atoms with Crippen LogP contribution in [0.2, 0.25) is 10.0 Å². The SMILES string of the molecule is ClCCN1CCC(c2cc(Cl)cc(Cl)c2)CC1. The first-order valence-corrected chi connectivity index (χ1v) is 7.22. The average Bonchev–Trinajstić information content (AvgIpc) is 2.29. The highest BCUT2D eigenvalue weighted by Crippen LogP contribution is 2.31. The van der Waals surface area contributed by atoms with E-state index in [0.29, 0.717) is 11.8 Å². The highest BCUT2D eigenvalue weighted by molar-refractivity contribution is 6.34. The number of hydrogen-bond donors (Lipinski definition) is 0. The summed E-state index contributed by atoms with van der Waals surface area (Å²) in [7, 11) is 0. The van der Waals surface area contributed by atoms with Crippen LogP contribution in [-0.4, -0.2) is 30.4 Å². The van der Waals surface area contributed by atoms with Crippen LogP contribution < -0.4 is 0 Å². The summed E-state index contributed by atoms with van der Waals surface area (Å²) in [6.07, 6.45) is 2.32. The lowest BCUT2D eigenvalue weighted by atomic mass is 9.89. The molecule has 1 fully saturated rings. The Hall–Kier alpha value is 0.0500. The monoisotopic (exact) mass is 291 g/mol. The predicted molar refractivity (Wildman–Crippen MR) is 75.6 cm³/mol. The standard InChI is InChI=1S/C13H16Cl3N/c14-3-6-17-4-1-10(2-5-17)11-7-12(15)9-13(16)8-11/h7-10H,1-6H2. The van der Waals surface area contributed by atoms with Crippen LogP contribution in [-0.2, 0) is 0 Å². The highest BCUT2D eigenvalue weighted by atomic mass is 35.5. The lowest BCUT2D eigenvalue weighted by molar-refractivity contribution is 0.223. The number of likely N-dealkylation sites (tertiary alicyclic amines) is 1. The zero-order valence-electron chi connectivity index (χ0n) is 9.63. The number of piperidine rings is 1. The van der Waals surface area contributed by atoms with Gasteiger partial charge in [-0.1, -0.05) is 23.2 Å². The van der Waals surface area contributed by atoms with E-state index in [9.17, 15) is 0 Å². The van der Waals surface area contributed by atoms with Crippen LogP contribution in [0.4, 0.5) is 0 Å². The van der Waals surface area contributed by atoms with Gasteiger partial charge >= 0.3 is 0 Å². The van der Waals surface area contributed by atoms with Crippen molar-refractivity contribution >= 4 is 34.8 Å². The first-order chi connectivity index (χ1) is 8.19. The fourth-order valence-corrected chi connectivity index (χ4v) is 3.20. The highest BCUT2D eigenvalue weighted by Gasteiger charge is 2.20. The van der Waals surface area contributed by atoms with Crippen LogP contribution in [0, 0.1) is 0 Å². The molecule has 1 aliphatic heterocycles. The van der Waals surface area contributed by atoms with E-state index in [1.807, 2.05) is 12.1 Å². The van der Waals surface area contributed by atoms with Gasteiger partial charge in [0.15, 0.2) is 0 Å². The summed E-state index contributed by atoms with van der Waals surface area (Å²) < 4.78 is 0. The summed E-state index contributed by atoms with van der Waals surface area (Å²) in [6.45, 7) is 3.22. The smallest absolute Gasteiger partial charge is 0.0423 e. The van der Waals surface area contributed by atoms with E-state index in [-0.39, 0.29) is 0 Å². The first kappa shape index (κ1) is 13.5. The maximum Gasteiger partial charge on any atom is 0.0423 e. The van der Waals surface area contributed by atoms with Gasteiger partial charge in [-0.3, -0.25) is 0 Å². The van der Waals surface area contributed by atoms with Gasteiger partial charge in [-0.05, 0) is 55.6 Å². The predicted octanol–water partition coefficient (Wildman–Crippen LogP) is 4.41. The second-order valence-corrected chi connectivity index (χ2v) is 5.76. The number of alkyl halides is 1. The lowest BCUT2D eigenvalue weighted by Crippen LogP contribution is -2.34. The second-order valence-electron chi connectivity index (χ2n) is 4.51. The van der Waals surface area contributed by atoms with Crippen LogP contribution in [0.25, 0.3) is 0 Å².